The van der Waals surface area contributed by atoms with E-state index in [2.05, 4.69) is 34.3 Å². The fourth-order valence-corrected chi connectivity index (χ4v) is 4.70. The molecular formula is C29H30N4O4. The van der Waals surface area contributed by atoms with E-state index in [1.807, 2.05) is 31.2 Å². The predicted molar refractivity (Wildman–Crippen MR) is 143 cm³/mol. The molecule has 8 heteroatoms. The number of nitrogens with zero attached hydrogens (tertiary/aromatic N) is 4. The van der Waals surface area contributed by atoms with E-state index in [0.717, 1.165) is 22.3 Å². The lowest BCUT2D eigenvalue weighted by Crippen LogP contribution is -2.29. The van der Waals surface area contributed by atoms with E-state index in [1.54, 1.807) is 40.0 Å². The summed E-state index contributed by atoms with van der Waals surface area (Å²) in [5.74, 6) is -0.480. The summed E-state index contributed by atoms with van der Waals surface area (Å²) in [6, 6.07) is 19.5. The van der Waals surface area contributed by atoms with Crippen molar-refractivity contribution in [3.05, 3.63) is 93.4 Å². The lowest BCUT2D eigenvalue weighted by Gasteiger charge is -2.24. The molecule has 0 fully saturated rings. The molecule has 37 heavy (non-hydrogen) atoms. The van der Waals surface area contributed by atoms with Crippen LogP contribution < -0.4 is 4.90 Å². The van der Waals surface area contributed by atoms with Crippen LogP contribution in [0.4, 0.5) is 16.2 Å². The van der Waals surface area contributed by atoms with Gasteiger partial charge in [0.15, 0.2) is 0 Å². The van der Waals surface area contributed by atoms with E-state index in [0.29, 0.717) is 22.5 Å². The minimum atomic E-state index is -0.631. The van der Waals surface area contributed by atoms with Crippen molar-refractivity contribution in [3.63, 3.8) is 0 Å². The third kappa shape index (κ3) is 5.60. The number of amides is 1. The number of benzene rings is 3. The first-order valence-electron chi connectivity index (χ1n) is 12.1. The lowest BCUT2D eigenvalue weighted by molar-refractivity contribution is -0.153. The molecular weight excluding hydrogens is 468 g/mol. The average molecular weight is 499 g/mol. The molecule has 1 aliphatic rings. The Hall–Kier alpha value is -4.29. The van der Waals surface area contributed by atoms with Crippen molar-refractivity contribution < 1.29 is 19.1 Å². The van der Waals surface area contributed by atoms with E-state index in [4.69, 9.17) is 15.0 Å². The number of fused-ring (bicyclic) bond motifs is 3. The molecule has 4 rings (SSSR count). The number of anilines is 1. The summed E-state index contributed by atoms with van der Waals surface area (Å²) >= 11 is 0. The third-order valence-electron chi connectivity index (χ3n) is 6.36. The smallest absolute Gasteiger partial charge is 0.414 e. The molecule has 0 unspecified atom stereocenters. The first-order valence-corrected chi connectivity index (χ1v) is 12.1. The van der Waals surface area contributed by atoms with Crippen LogP contribution in [0.25, 0.3) is 21.6 Å². The van der Waals surface area contributed by atoms with Crippen LogP contribution in [0.2, 0.25) is 0 Å². The Bertz CT molecular complexity index is 1360. The highest BCUT2D eigenvalue weighted by Gasteiger charge is 2.30. The summed E-state index contributed by atoms with van der Waals surface area (Å²) in [4.78, 5) is 29.9. The standard InChI is InChI=1S/C29H30N4O4/c1-18-19(15-27(34)37-29(2,3)4)14-20(31-32-30)16-26(18)33(5)28(35)36-17-25-23-12-8-6-10-21(23)22-11-7-9-13-24(22)25/h6-14,16,25H,15,17H2,1-5H3. The van der Waals surface area contributed by atoms with Gasteiger partial charge in [-0.2, -0.15) is 0 Å². The van der Waals surface area contributed by atoms with Gasteiger partial charge in [0.05, 0.1) is 12.1 Å². The Morgan fingerprint density at radius 2 is 1.62 bits per heavy atom. The second-order valence-electron chi connectivity index (χ2n) is 10.1. The van der Waals surface area contributed by atoms with Gasteiger partial charge in [-0.05, 0) is 78.7 Å². The van der Waals surface area contributed by atoms with Gasteiger partial charge in [-0.3, -0.25) is 9.69 Å². The predicted octanol–water partition coefficient (Wildman–Crippen LogP) is 7.21. The van der Waals surface area contributed by atoms with Crippen molar-refractivity contribution in [3.8, 4) is 11.1 Å². The Labute approximate surface area is 216 Å². The molecule has 0 aromatic heterocycles. The van der Waals surface area contributed by atoms with E-state index >= 15 is 0 Å². The van der Waals surface area contributed by atoms with Gasteiger partial charge in [0.1, 0.15) is 12.2 Å². The molecule has 3 aromatic carbocycles. The highest BCUT2D eigenvalue weighted by atomic mass is 16.6. The first-order chi connectivity index (χ1) is 17.6. The van der Waals surface area contributed by atoms with E-state index in [-0.39, 0.29) is 18.9 Å². The lowest BCUT2D eigenvalue weighted by atomic mass is 9.98. The maximum absolute atomic E-state index is 13.2. The van der Waals surface area contributed by atoms with Crippen molar-refractivity contribution in [1.82, 2.24) is 0 Å². The van der Waals surface area contributed by atoms with Crippen LogP contribution in [0.5, 0.6) is 0 Å². The number of ether oxygens (including phenoxy) is 2. The maximum atomic E-state index is 13.2. The maximum Gasteiger partial charge on any atom is 0.414 e. The summed E-state index contributed by atoms with van der Waals surface area (Å²) in [7, 11) is 1.60. The number of carbonyl (C=O) groups excluding carboxylic acids is 2. The van der Waals surface area contributed by atoms with Gasteiger partial charge in [0, 0.05) is 23.6 Å². The zero-order valence-corrected chi connectivity index (χ0v) is 21.7. The molecule has 0 bridgehead atoms. The number of azide groups is 1. The quantitative estimate of drug-likeness (QED) is 0.155. The molecule has 8 nitrogen and oxygen atoms in total. The van der Waals surface area contributed by atoms with Crippen LogP contribution in [0.3, 0.4) is 0 Å². The Balaban J connectivity index is 1.56. The van der Waals surface area contributed by atoms with E-state index in [1.165, 1.54) is 4.90 Å². The Morgan fingerprint density at radius 3 is 2.19 bits per heavy atom. The van der Waals surface area contributed by atoms with Crippen LogP contribution in [0.1, 0.15) is 48.9 Å². The third-order valence-corrected chi connectivity index (χ3v) is 6.36. The second kappa shape index (κ2) is 10.4. The number of carbonyl (C=O) groups is 2. The van der Waals surface area contributed by atoms with Crippen LogP contribution in [0, 0.1) is 6.92 Å². The van der Waals surface area contributed by atoms with Crippen molar-refractivity contribution in [1.29, 1.82) is 0 Å². The zero-order valence-electron chi connectivity index (χ0n) is 21.7. The molecule has 3 aromatic rings. The summed E-state index contributed by atoms with van der Waals surface area (Å²) in [6.07, 6.45) is -0.574. The molecule has 0 saturated carbocycles. The number of rotatable bonds is 6. The molecule has 0 spiro atoms. The van der Waals surface area contributed by atoms with E-state index < -0.39 is 17.7 Å². The largest absolute Gasteiger partial charge is 0.460 e. The zero-order chi connectivity index (χ0) is 26.7. The molecule has 0 N–H and O–H groups in total. The molecule has 0 aliphatic heterocycles. The molecule has 0 radical (unpaired) electrons. The van der Waals surface area contributed by atoms with Gasteiger partial charge < -0.3 is 9.47 Å². The van der Waals surface area contributed by atoms with Crippen molar-refractivity contribution in [2.75, 3.05) is 18.6 Å². The Morgan fingerprint density at radius 1 is 1.03 bits per heavy atom. The number of esters is 1. The summed E-state index contributed by atoms with van der Waals surface area (Å²) in [5.41, 5.74) is 15.0. The highest BCUT2D eigenvalue weighted by Crippen LogP contribution is 2.44. The monoisotopic (exact) mass is 498 g/mol. The van der Waals surface area contributed by atoms with Gasteiger partial charge in [0.2, 0.25) is 0 Å². The molecule has 0 saturated heterocycles. The van der Waals surface area contributed by atoms with Crippen molar-refractivity contribution >= 4 is 23.4 Å². The van der Waals surface area contributed by atoms with Crippen molar-refractivity contribution in [2.45, 2.75) is 45.6 Å². The molecule has 190 valence electrons. The van der Waals surface area contributed by atoms with Crippen molar-refractivity contribution in [2.24, 2.45) is 5.11 Å². The van der Waals surface area contributed by atoms with Gasteiger partial charge in [-0.25, -0.2) is 4.79 Å². The van der Waals surface area contributed by atoms with E-state index in [9.17, 15) is 9.59 Å². The number of hydrogen-bond donors (Lipinski definition) is 0. The van der Waals surface area contributed by atoms with Gasteiger partial charge in [0.25, 0.3) is 0 Å². The first kappa shape index (κ1) is 25.8. The summed E-state index contributed by atoms with van der Waals surface area (Å²) < 4.78 is 11.2. The second-order valence-corrected chi connectivity index (χ2v) is 10.1. The van der Waals surface area contributed by atoms with Gasteiger partial charge in [-0.15, -0.1) is 0 Å². The summed E-state index contributed by atoms with van der Waals surface area (Å²) in [5, 5.41) is 3.70. The fourth-order valence-electron chi connectivity index (χ4n) is 4.70. The van der Waals surface area contributed by atoms with Crippen LogP contribution in [-0.2, 0) is 20.7 Å². The minimum Gasteiger partial charge on any atom is -0.460 e. The Kier molecular flexibility index (Phi) is 7.23. The van der Waals surface area contributed by atoms with Crippen LogP contribution >= 0.6 is 0 Å². The summed E-state index contributed by atoms with van der Waals surface area (Å²) in [6.45, 7) is 7.37. The molecule has 0 heterocycles. The molecule has 1 amide bonds. The van der Waals surface area contributed by atoms with Gasteiger partial charge in [-0.1, -0.05) is 53.6 Å². The minimum absolute atomic E-state index is 0.0244. The van der Waals surface area contributed by atoms with Gasteiger partial charge >= 0.3 is 12.1 Å². The normalized spacial score (nSPS) is 12.2. The van der Waals surface area contributed by atoms with Crippen LogP contribution in [-0.4, -0.2) is 31.3 Å². The highest BCUT2D eigenvalue weighted by molar-refractivity contribution is 5.90. The molecule has 0 atom stereocenters. The topological polar surface area (TPSA) is 105 Å². The number of hydrogen-bond acceptors (Lipinski definition) is 5. The van der Waals surface area contributed by atoms with Crippen LogP contribution in [0.15, 0.2) is 65.8 Å². The average Bonchev–Trinajstić information content (AvgIpc) is 3.16. The fraction of sp³-hybridized carbons (Fsp3) is 0.310. The SMILES string of the molecule is Cc1c(CC(=O)OC(C)(C)C)cc(N=[N+]=[N-])cc1N(C)C(=O)OCC1c2ccccc2-c2ccccc21. The molecule has 1 aliphatic carbocycles.